The summed E-state index contributed by atoms with van der Waals surface area (Å²) >= 11 is 3.59. The van der Waals surface area contributed by atoms with Crippen LogP contribution in [-0.2, 0) is 16.6 Å². The number of halogens is 1. The van der Waals surface area contributed by atoms with Gasteiger partial charge in [-0.25, -0.2) is 15.0 Å². The molecule has 1 aromatic carbocycles. The number of hydrogen-bond donors (Lipinski definition) is 5. The molecule has 0 amide bonds. The molecule has 4 aromatic rings. The summed E-state index contributed by atoms with van der Waals surface area (Å²) in [5.74, 6) is 0.863. The van der Waals surface area contributed by atoms with Gasteiger partial charge in [-0.05, 0) is 90.9 Å². The van der Waals surface area contributed by atoms with E-state index in [2.05, 4.69) is 79.7 Å². The molecule has 6 rings (SSSR count). The number of aliphatic hydroxyl groups is 2. The lowest BCUT2D eigenvalue weighted by Crippen LogP contribution is -2.44. The van der Waals surface area contributed by atoms with Gasteiger partial charge in [0.25, 0.3) is 0 Å². The van der Waals surface area contributed by atoms with E-state index in [0.29, 0.717) is 11.9 Å². The average molecular weight is 643 g/mol. The smallest absolute Gasteiger partial charge is 0.156 e. The molecule has 2 aliphatic rings. The SMILES string of the molecule is CC(C)(C)c1ccc2nc(CCC3CC(NCC4CC[C@H](n5cc(Br)c6c(N)ncnc65)O4)C3)[nH]c2c1.CC(C)(O)O. The maximum Gasteiger partial charge on any atom is 0.156 e. The summed E-state index contributed by atoms with van der Waals surface area (Å²) in [6, 6.07) is 7.20. The molecule has 11 heteroatoms. The molecular formula is C31H44BrN7O3. The Kier molecular flexibility index (Phi) is 8.97. The first-order valence-corrected chi connectivity index (χ1v) is 15.6. The topological polar surface area (TPSA) is 147 Å². The zero-order valence-corrected chi connectivity index (χ0v) is 26.8. The molecular weight excluding hydrogens is 598 g/mol. The van der Waals surface area contributed by atoms with Crippen molar-refractivity contribution in [3.05, 3.63) is 46.6 Å². The summed E-state index contributed by atoms with van der Waals surface area (Å²) in [5, 5.41) is 20.7. The van der Waals surface area contributed by atoms with Crippen LogP contribution < -0.4 is 11.1 Å². The van der Waals surface area contributed by atoms with Crippen molar-refractivity contribution in [2.45, 2.75) is 103 Å². The molecule has 228 valence electrons. The summed E-state index contributed by atoms with van der Waals surface area (Å²) in [7, 11) is 0. The minimum absolute atomic E-state index is 0.0210. The van der Waals surface area contributed by atoms with Gasteiger partial charge in [-0.1, -0.05) is 26.8 Å². The highest BCUT2D eigenvalue weighted by Gasteiger charge is 2.32. The van der Waals surface area contributed by atoms with Crippen molar-refractivity contribution in [3.8, 4) is 0 Å². The number of benzene rings is 1. The van der Waals surface area contributed by atoms with Crippen molar-refractivity contribution in [2.24, 2.45) is 5.92 Å². The highest BCUT2D eigenvalue weighted by molar-refractivity contribution is 9.10. The molecule has 1 saturated heterocycles. The van der Waals surface area contributed by atoms with Crippen LogP contribution in [0.4, 0.5) is 5.82 Å². The standard InChI is InChI=1S/C28H36BrN7O.C3H8O2/c1-28(2,3)17-5-7-21-22(12-17)35-23(34-21)8-4-16-10-18(11-16)31-13-19-6-9-24(37-19)36-14-20(29)25-26(30)32-15-33-27(25)36;1-3(2,4)5/h5,7,12,14-16,18-19,24,31H,4,6,8-11,13H2,1-3H3,(H,34,35)(H2,30,32,33);4-5H,1-2H3/t16?,18?,19?,24-;/m1./s1. The first kappa shape index (κ1) is 30.9. The number of hydrogen-bond acceptors (Lipinski definition) is 8. The number of nitrogens with one attached hydrogen (secondary N) is 2. The number of aryl methyl sites for hydroxylation is 1. The molecule has 2 fully saturated rings. The molecule has 1 saturated carbocycles. The van der Waals surface area contributed by atoms with Gasteiger partial charge in [-0.2, -0.15) is 0 Å². The first-order valence-electron chi connectivity index (χ1n) is 14.8. The Hall–Kier alpha value is -2.57. The maximum atomic E-state index is 8.08. The van der Waals surface area contributed by atoms with E-state index in [1.54, 1.807) is 0 Å². The Balaban J connectivity index is 0.000000652. The minimum atomic E-state index is -1.50. The fraction of sp³-hybridized carbons (Fsp3) is 0.581. The van der Waals surface area contributed by atoms with Gasteiger partial charge in [0.15, 0.2) is 5.79 Å². The summed E-state index contributed by atoms with van der Waals surface area (Å²) in [6.07, 6.45) is 10.4. The van der Waals surface area contributed by atoms with Crippen molar-refractivity contribution in [3.63, 3.8) is 0 Å². The van der Waals surface area contributed by atoms with Crippen LogP contribution in [-0.4, -0.2) is 59.2 Å². The Morgan fingerprint density at radius 2 is 1.88 bits per heavy atom. The van der Waals surface area contributed by atoms with Gasteiger partial charge in [0.05, 0.1) is 22.5 Å². The van der Waals surface area contributed by atoms with E-state index < -0.39 is 5.79 Å². The Bertz CT molecular complexity index is 1510. The number of nitrogens with two attached hydrogens (primary N) is 1. The second-order valence-electron chi connectivity index (χ2n) is 13.3. The number of rotatable bonds is 7. The van der Waals surface area contributed by atoms with E-state index >= 15 is 0 Å². The molecule has 1 aliphatic heterocycles. The van der Waals surface area contributed by atoms with Gasteiger partial charge < -0.3 is 35.6 Å². The van der Waals surface area contributed by atoms with E-state index in [1.165, 1.54) is 45.0 Å². The van der Waals surface area contributed by atoms with Crippen LogP contribution in [0.1, 0.15) is 84.3 Å². The summed E-state index contributed by atoms with van der Waals surface area (Å²) < 4.78 is 9.37. The number of aromatic nitrogens is 5. The van der Waals surface area contributed by atoms with E-state index in [0.717, 1.165) is 64.1 Å². The van der Waals surface area contributed by atoms with Crippen LogP contribution in [0.3, 0.4) is 0 Å². The lowest BCUT2D eigenvalue weighted by Gasteiger charge is -2.36. The van der Waals surface area contributed by atoms with Crippen molar-refractivity contribution in [1.29, 1.82) is 0 Å². The van der Waals surface area contributed by atoms with E-state index in [9.17, 15) is 0 Å². The predicted molar refractivity (Wildman–Crippen MR) is 169 cm³/mol. The normalized spacial score (nSPS) is 22.8. The number of H-pyrrole nitrogens is 1. The van der Waals surface area contributed by atoms with Crippen LogP contribution in [0.2, 0.25) is 0 Å². The van der Waals surface area contributed by atoms with Gasteiger partial charge in [0, 0.05) is 29.7 Å². The molecule has 6 N–H and O–H groups in total. The fourth-order valence-electron chi connectivity index (χ4n) is 5.75. The fourth-order valence-corrected chi connectivity index (χ4v) is 6.35. The molecule has 3 aromatic heterocycles. The van der Waals surface area contributed by atoms with Crippen LogP contribution in [0.15, 0.2) is 35.2 Å². The number of fused-ring (bicyclic) bond motifs is 2. The van der Waals surface area contributed by atoms with Crippen LogP contribution >= 0.6 is 15.9 Å². The second kappa shape index (κ2) is 12.2. The number of anilines is 1. The van der Waals surface area contributed by atoms with Gasteiger partial charge in [0.1, 0.15) is 29.8 Å². The molecule has 10 nitrogen and oxygen atoms in total. The number of ether oxygens (including phenoxy) is 1. The quantitative estimate of drug-likeness (QED) is 0.170. The number of imidazole rings is 1. The third-order valence-electron chi connectivity index (χ3n) is 8.04. The summed E-state index contributed by atoms with van der Waals surface area (Å²) in [6.45, 7) is 10.2. The lowest BCUT2D eigenvalue weighted by atomic mass is 9.77. The third-order valence-corrected chi connectivity index (χ3v) is 8.65. The monoisotopic (exact) mass is 641 g/mol. The minimum Gasteiger partial charge on any atom is -0.383 e. The highest BCUT2D eigenvalue weighted by atomic mass is 79.9. The highest BCUT2D eigenvalue weighted by Crippen LogP contribution is 2.36. The molecule has 0 bridgehead atoms. The lowest BCUT2D eigenvalue weighted by molar-refractivity contribution is -0.127. The molecule has 1 aliphatic carbocycles. The van der Waals surface area contributed by atoms with Gasteiger partial charge in [-0.3, -0.25) is 0 Å². The van der Waals surface area contributed by atoms with Crippen molar-refractivity contribution >= 4 is 43.8 Å². The van der Waals surface area contributed by atoms with Crippen LogP contribution in [0, 0.1) is 5.92 Å². The Morgan fingerprint density at radius 3 is 2.60 bits per heavy atom. The number of aromatic amines is 1. The average Bonchev–Trinajstić information content (AvgIpc) is 3.58. The molecule has 4 heterocycles. The molecule has 42 heavy (non-hydrogen) atoms. The molecule has 2 atom stereocenters. The summed E-state index contributed by atoms with van der Waals surface area (Å²) in [5.41, 5.74) is 10.6. The third kappa shape index (κ3) is 7.49. The predicted octanol–water partition coefficient (Wildman–Crippen LogP) is 5.34. The summed E-state index contributed by atoms with van der Waals surface area (Å²) in [4.78, 5) is 16.9. The van der Waals surface area contributed by atoms with E-state index in [-0.39, 0.29) is 17.7 Å². The largest absolute Gasteiger partial charge is 0.383 e. The van der Waals surface area contributed by atoms with Crippen LogP contribution in [0.5, 0.6) is 0 Å². The molecule has 0 radical (unpaired) electrons. The molecule has 1 unspecified atom stereocenters. The van der Waals surface area contributed by atoms with Crippen LogP contribution in [0.25, 0.3) is 22.1 Å². The zero-order valence-electron chi connectivity index (χ0n) is 25.2. The van der Waals surface area contributed by atoms with Gasteiger partial charge in [-0.15, -0.1) is 0 Å². The number of nitrogens with zero attached hydrogens (tertiary/aromatic N) is 4. The first-order chi connectivity index (χ1) is 19.7. The molecule has 0 spiro atoms. The van der Waals surface area contributed by atoms with Gasteiger partial charge >= 0.3 is 0 Å². The maximum absolute atomic E-state index is 8.08. The Morgan fingerprint density at radius 1 is 1.14 bits per heavy atom. The van der Waals surface area contributed by atoms with E-state index in [4.69, 9.17) is 25.7 Å². The van der Waals surface area contributed by atoms with Crippen molar-refractivity contribution in [1.82, 2.24) is 29.8 Å². The van der Waals surface area contributed by atoms with Crippen molar-refractivity contribution < 1.29 is 14.9 Å². The second-order valence-corrected chi connectivity index (χ2v) is 14.1. The zero-order chi connectivity index (χ0) is 30.2. The van der Waals surface area contributed by atoms with Crippen molar-refractivity contribution in [2.75, 3.05) is 12.3 Å². The van der Waals surface area contributed by atoms with Gasteiger partial charge in [0.2, 0.25) is 0 Å². The Labute approximate surface area is 255 Å². The van der Waals surface area contributed by atoms with E-state index in [1.807, 2.05) is 6.20 Å². The number of nitrogen functional groups attached to an aromatic ring is 1.